The average molecular weight is 466 g/mol. The fraction of sp³-hybridized carbons (Fsp3) is 0.200. The van der Waals surface area contributed by atoms with Crippen molar-refractivity contribution >= 4 is 33.0 Å². The Balaban J connectivity index is 2.05. The van der Waals surface area contributed by atoms with Crippen LogP contribution >= 0.6 is 0 Å². The molecule has 2 N–H and O–H groups in total. The standard InChI is InChI=1S/C20H18F2N3O6S/c1-10-12-8-14(21)17(31-20(27)25(2)3)9-16(12)30-19(26)13(10)7-11-5-4-6-15(18(11)22)24-32(23,28)29/h4-6,8-9H,7H2,1-3H3,(H2,23,28,29)/q-1. The zero-order valence-corrected chi connectivity index (χ0v) is 18.0. The summed E-state index contributed by atoms with van der Waals surface area (Å²) in [5.74, 6) is -2.26. The summed E-state index contributed by atoms with van der Waals surface area (Å²) in [5.41, 5.74) is -1.05. The van der Waals surface area contributed by atoms with Crippen LogP contribution in [0.2, 0.25) is 0 Å². The maximum absolute atomic E-state index is 14.7. The summed E-state index contributed by atoms with van der Waals surface area (Å²) >= 11 is 0. The Bertz CT molecular complexity index is 1390. The average Bonchev–Trinajstić information content (AvgIpc) is 2.68. The second-order valence-electron chi connectivity index (χ2n) is 7.07. The van der Waals surface area contributed by atoms with E-state index < -0.39 is 45.0 Å². The molecular formula is C20H18F2N3O6S-. The van der Waals surface area contributed by atoms with Crippen molar-refractivity contribution in [1.29, 1.82) is 0 Å². The number of nitrogens with zero attached hydrogens (tertiary/aromatic N) is 2. The van der Waals surface area contributed by atoms with Crippen molar-refractivity contribution in [1.82, 2.24) is 4.90 Å². The molecule has 12 heteroatoms. The number of nitrogens with two attached hydrogens (primary N) is 1. The van der Waals surface area contributed by atoms with Gasteiger partial charge in [-0.1, -0.05) is 23.9 Å². The molecule has 0 spiro atoms. The number of amides is 1. The molecule has 9 nitrogen and oxygen atoms in total. The predicted molar refractivity (Wildman–Crippen MR) is 112 cm³/mol. The zero-order valence-electron chi connectivity index (χ0n) is 17.2. The number of halogens is 2. The van der Waals surface area contributed by atoms with E-state index in [0.29, 0.717) is 5.56 Å². The van der Waals surface area contributed by atoms with Crippen molar-refractivity contribution in [2.75, 3.05) is 14.1 Å². The molecule has 0 aliphatic carbocycles. The van der Waals surface area contributed by atoms with Crippen LogP contribution in [0.5, 0.6) is 5.75 Å². The molecule has 0 saturated carbocycles. The lowest BCUT2D eigenvalue weighted by Crippen LogP contribution is -2.25. The number of fused-ring (bicyclic) bond motifs is 1. The van der Waals surface area contributed by atoms with Gasteiger partial charge in [-0.25, -0.2) is 31.9 Å². The number of benzene rings is 2. The Morgan fingerprint density at radius 1 is 1.25 bits per heavy atom. The second kappa shape index (κ2) is 8.55. The third-order valence-electron chi connectivity index (χ3n) is 4.55. The van der Waals surface area contributed by atoms with Crippen LogP contribution < -0.4 is 15.5 Å². The Morgan fingerprint density at radius 3 is 2.56 bits per heavy atom. The smallest absolute Gasteiger partial charge is 0.414 e. The van der Waals surface area contributed by atoms with Gasteiger partial charge < -0.3 is 18.8 Å². The highest BCUT2D eigenvalue weighted by molar-refractivity contribution is 7.92. The molecule has 0 fully saturated rings. The van der Waals surface area contributed by atoms with Gasteiger partial charge in [0, 0.05) is 37.5 Å². The molecule has 32 heavy (non-hydrogen) atoms. The Morgan fingerprint density at radius 2 is 1.94 bits per heavy atom. The number of carbonyl (C=O) groups is 1. The Kier molecular flexibility index (Phi) is 6.19. The molecule has 170 valence electrons. The van der Waals surface area contributed by atoms with Crippen LogP contribution in [0.3, 0.4) is 0 Å². The minimum atomic E-state index is -4.33. The first kappa shape index (κ1) is 23.2. The van der Waals surface area contributed by atoms with Gasteiger partial charge in [0.25, 0.3) is 0 Å². The highest BCUT2D eigenvalue weighted by Gasteiger charge is 2.19. The van der Waals surface area contributed by atoms with Gasteiger partial charge in [-0.05, 0) is 24.1 Å². The van der Waals surface area contributed by atoms with E-state index in [-0.39, 0.29) is 28.5 Å². The summed E-state index contributed by atoms with van der Waals surface area (Å²) in [5, 5.41) is 5.04. The molecule has 1 amide bonds. The molecule has 3 rings (SSSR count). The van der Waals surface area contributed by atoms with Crippen LogP contribution in [-0.4, -0.2) is 33.5 Å². The van der Waals surface area contributed by atoms with Gasteiger partial charge in [-0.3, -0.25) is 0 Å². The van der Waals surface area contributed by atoms with Crippen molar-refractivity contribution in [3.8, 4) is 5.75 Å². The summed E-state index contributed by atoms with van der Waals surface area (Å²) in [7, 11) is -1.50. The number of rotatable bonds is 5. The number of hydrogen-bond acceptors (Lipinski definition) is 6. The van der Waals surface area contributed by atoms with Crippen molar-refractivity contribution in [2.24, 2.45) is 5.14 Å². The predicted octanol–water partition coefficient (Wildman–Crippen LogP) is 3.24. The lowest BCUT2D eigenvalue weighted by molar-refractivity contribution is 0.170. The largest absolute Gasteiger partial charge is 0.562 e. The summed E-state index contributed by atoms with van der Waals surface area (Å²) in [6, 6.07) is 5.93. The van der Waals surface area contributed by atoms with E-state index in [1.54, 1.807) is 0 Å². The highest BCUT2D eigenvalue weighted by atomic mass is 32.2. The molecule has 0 bridgehead atoms. The lowest BCUT2D eigenvalue weighted by atomic mass is 9.99. The minimum Gasteiger partial charge on any atom is -0.562 e. The van der Waals surface area contributed by atoms with Crippen LogP contribution in [0.25, 0.3) is 15.7 Å². The van der Waals surface area contributed by atoms with Gasteiger partial charge in [0.05, 0.1) is 0 Å². The fourth-order valence-corrected chi connectivity index (χ4v) is 3.37. The van der Waals surface area contributed by atoms with Crippen molar-refractivity contribution in [3.05, 3.63) is 73.8 Å². The highest BCUT2D eigenvalue weighted by Crippen LogP contribution is 2.31. The number of ether oxygens (including phenoxy) is 1. The van der Waals surface area contributed by atoms with E-state index in [9.17, 15) is 26.8 Å². The minimum absolute atomic E-state index is 0.0293. The van der Waals surface area contributed by atoms with E-state index in [1.807, 2.05) is 0 Å². The molecule has 0 saturated heterocycles. The monoisotopic (exact) mass is 466 g/mol. The molecule has 0 atom stereocenters. The number of aryl methyl sites for hydroxylation is 1. The van der Waals surface area contributed by atoms with Crippen LogP contribution in [0, 0.1) is 18.6 Å². The van der Waals surface area contributed by atoms with Gasteiger partial charge in [0.2, 0.25) is 0 Å². The van der Waals surface area contributed by atoms with E-state index in [4.69, 9.17) is 14.3 Å². The topological polar surface area (TPSA) is 134 Å². The van der Waals surface area contributed by atoms with Gasteiger partial charge in [-0.15, -0.1) is 0 Å². The first-order valence-electron chi connectivity index (χ1n) is 9.05. The molecule has 1 heterocycles. The Labute approximate surface area is 181 Å². The van der Waals surface area contributed by atoms with Crippen molar-refractivity contribution in [3.63, 3.8) is 0 Å². The maximum Gasteiger partial charge on any atom is 0.414 e. The zero-order chi connectivity index (χ0) is 23.8. The van der Waals surface area contributed by atoms with E-state index >= 15 is 0 Å². The third kappa shape index (κ3) is 4.86. The van der Waals surface area contributed by atoms with Crippen LogP contribution in [-0.2, 0) is 16.6 Å². The summed E-state index contributed by atoms with van der Waals surface area (Å²) in [6.07, 6.45) is -1.10. The first-order chi connectivity index (χ1) is 14.9. The summed E-state index contributed by atoms with van der Waals surface area (Å²) < 4.78 is 64.8. The van der Waals surface area contributed by atoms with E-state index in [1.165, 1.54) is 33.2 Å². The number of hydrogen-bond donors (Lipinski definition) is 1. The van der Waals surface area contributed by atoms with Crippen molar-refractivity contribution < 1.29 is 31.1 Å². The molecular weight excluding hydrogens is 448 g/mol. The van der Waals surface area contributed by atoms with Crippen LogP contribution in [0.1, 0.15) is 16.7 Å². The normalized spacial score (nSPS) is 11.4. The lowest BCUT2D eigenvalue weighted by Gasteiger charge is -2.20. The van der Waals surface area contributed by atoms with Gasteiger partial charge in [0.15, 0.2) is 21.8 Å². The molecule has 0 aliphatic heterocycles. The number of carbonyl (C=O) groups excluding carboxylic acids is 1. The van der Waals surface area contributed by atoms with Crippen LogP contribution in [0.15, 0.2) is 39.5 Å². The molecule has 1 aromatic heterocycles. The molecule has 0 aliphatic rings. The Hall–Kier alpha value is -3.51. The fourth-order valence-electron chi connectivity index (χ4n) is 2.96. The van der Waals surface area contributed by atoms with Gasteiger partial charge in [0.1, 0.15) is 11.4 Å². The molecule has 0 unspecified atom stereocenters. The third-order valence-corrected chi connectivity index (χ3v) is 5.00. The van der Waals surface area contributed by atoms with Gasteiger partial charge >= 0.3 is 11.7 Å². The molecule has 2 aromatic carbocycles. The summed E-state index contributed by atoms with van der Waals surface area (Å²) in [4.78, 5) is 25.4. The van der Waals surface area contributed by atoms with Crippen LogP contribution in [0.4, 0.5) is 19.3 Å². The van der Waals surface area contributed by atoms with Gasteiger partial charge in [-0.2, -0.15) is 0 Å². The quantitative estimate of drug-likeness (QED) is 0.574. The van der Waals surface area contributed by atoms with E-state index in [0.717, 1.165) is 23.1 Å². The van der Waals surface area contributed by atoms with Crippen molar-refractivity contribution in [2.45, 2.75) is 13.3 Å². The van der Waals surface area contributed by atoms with E-state index in [2.05, 4.69) is 4.72 Å². The molecule has 0 radical (unpaired) electrons. The molecule has 3 aromatic rings. The maximum atomic E-state index is 14.7. The second-order valence-corrected chi connectivity index (χ2v) is 8.28. The SMILES string of the molecule is Cc1c(Cc2cccc([N-]S(N)(=O)=O)c2F)c(=O)oc2cc(OC(=O)N(C)C)c(F)cc12. The first-order valence-corrected chi connectivity index (χ1v) is 10.6. The summed E-state index contributed by atoms with van der Waals surface area (Å²) in [6.45, 7) is 1.52.